The van der Waals surface area contributed by atoms with Gasteiger partial charge < -0.3 is 9.47 Å². The molecule has 0 radical (unpaired) electrons. The van der Waals surface area contributed by atoms with E-state index in [2.05, 4.69) is 13.8 Å². The van der Waals surface area contributed by atoms with Gasteiger partial charge in [-0.1, -0.05) is 13.8 Å². The molecule has 0 N–H and O–H groups in total. The van der Waals surface area contributed by atoms with Crippen LogP contribution < -0.4 is 0 Å². The van der Waals surface area contributed by atoms with Gasteiger partial charge in [0.2, 0.25) is 0 Å². The number of ether oxygens (including phenoxy) is 2. The van der Waals surface area contributed by atoms with Crippen LogP contribution >= 0.6 is 0 Å². The largest absolute Gasteiger partial charge is 0.458 e. The number of carbonyl (C=O) groups is 3. The Kier molecular flexibility index (Phi) is 3.96. The van der Waals surface area contributed by atoms with E-state index < -0.39 is 0 Å². The molecule has 4 aliphatic carbocycles. The SMILES string of the molecule is CC(=O)OCC(=O)[C@H]1CC[C@H]2[C@@H]3CC[C@@]45O[C@@H]4C(=O)CC[C@]5(C)[C@H]3CC[C@]12C. The molecule has 154 valence electrons. The number of esters is 1. The minimum absolute atomic E-state index is 0.0133. The first kappa shape index (κ1) is 18.8. The van der Waals surface area contributed by atoms with Gasteiger partial charge in [-0.2, -0.15) is 0 Å². The van der Waals surface area contributed by atoms with E-state index in [0.29, 0.717) is 30.0 Å². The summed E-state index contributed by atoms with van der Waals surface area (Å²) < 4.78 is 11.2. The quantitative estimate of drug-likeness (QED) is 0.547. The van der Waals surface area contributed by atoms with Crippen LogP contribution in [0.25, 0.3) is 0 Å². The van der Waals surface area contributed by atoms with Crippen LogP contribution in [-0.2, 0) is 23.9 Å². The van der Waals surface area contributed by atoms with Gasteiger partial charge >= 0.3 is 5.97 Å². The molecule has 0 bridgehead atoms. The Morgan fingerprint density at radius 1 is 1.07 bits per heavy atom. The van der Waals surface area contributed by atoms with E-state index in [9.17, 15) is 14.4 Å². The van der Waals surface area contributed by atoms with Gasteiger partial charge in [-0.15, -0.1) is 0 Å². The van der Waals surface area contributed by atoms with Crippen molar-refractivity contribution in [3.05, 3.63) is 0 Å². The zero-order valence-corrected chi connectivity index (χ0v) is 17.3. The van der Waals surface area contributed by atoms with Gasteiger partial charge in [0.15, 0.2) is 11.6 Å². The van der Waals surface area contributed by atoms with Crippen molar-refractivity contribution in [2.75, 3.05) is 6.61 Å². The summed E-state index contributed by atoms with van der Waals surface area (Å²) in [6.45, 7) is 5.98. The fourth-order valence-corrected chi connectivity index (χ4v) is 8.30. The molecule has 0 aromatic rings. The van der Waals surface area contributed by atoms with Crippen LogP contribution in [0.1, 0.15) is 72.1 Å². The standard InChI is InChI=1S/C23H32O5/c1-13(24)27-12-19(26)17-5-4-15-14-6-11-23-20(28-23)18(25)8-10-22(23,3)16(14)7-9-21(15,17)2/h14-17,20H,4-12H2,1-3H3/t14-,15-,16-,17+,20+,21-,22+,23+/m0/s1. The van der Waals surface area contributed by atoms with E-state index in [-0.39, 0.29) is 46.8 Å². The first-order chi connectivity index (χ1) is 13.2. The Balaban J connectivity index is 1.38. The number of rotatable bonds is 3. The van der Waals surface area contributed by atoms with Crippen LogP contribution in [0.5, 0.6) is 0 Å². The van der Waals surface area contributed by atoms with Gasteiger partial charge in [0.25, 0.3) is 0 Å². The summed E-state index contributed by atoms with van der Waals surface area (Å²) in [7, 11) is 0. The van der Waals surface area contributed by atoms with Crippen LogP contribution in [0.2, 0.25) is 0 Å². The lowest BCUT2D eigenvalue weighted by molar-refractivity contribution is -0.150. The summed E-state index contributed by atoms with van der Waals surface area (Å²) in [4.78, 5) is 36.2. The fraction of sp³-hybridized carbons (Fsp3) is 0.870. The highest BCUT2D eigenvalue weighted by molar-refractivity contribution is 5.88. The summed E-state index contributed by atoms with van der Waals surface area (Å²) in [5, 5.41) is 0. The van der Waals surface area contributed by atoms with Crippen LogP contribution in [-0.4, -0.2) is 35.8 Å². The van der Waals surface area contributed by atoms with Gasteiger partial charge in [0.1, 0.15) is 18.3 Å². The molecule has 0 aromatic heterocycles. The summed E-state index contributed by atoms with van der Waals surface area (Å²) in [5.74, 6) is 1.83. The van der Waals surface area contributed by atoms with Crippen molar-refractivity contribution in [3.63, 3.8) is 0 Å². The number of ketones is 2. The summed E-state index contributed by atoms with van der Waals surface area (Å²) >= 11 is 0. The van der Waals surface area contributed by atoms with E-state index in [1.165, 1.54) is 6.92 Å². The first-order valence-corrected chi connectivity index (χ1v) is 11.1. The Morgan fingerprint density at radius 2 is 1.86 bits per heavy atom. The lowest BCUT2D eigenvalue weighted by Crippen LogP contribution is -2.58. The molecule has 1 saturated heterocycles. The topological polar surface area (TPSA) is 73.0 Å². The van der Waals surface area contributed by atoms with E-state index in [1.54, 1.807) is 0 Å². The minimum Gasteiger partial charge on any atom is -0.458 e. The Hall–Kier alpha value is -1.23. The van der Waals surface area contributed by atoms with Gasteiger partial charge in [0.05, 0.1) is 0 Å². The Bertz CT molecular complexity index is 745. The smallest absolute Gasteiger partial charge is 0.303 e. The predicted molar refractivity (Wildman–Crippen MR) is 101 cm³/mol. The predicted octanol–water partition coefficient (Wildman–Crippen LogP) is 3.48. The molecule has 5 fully saturated rings. The monoisotopic (exact) mass is 388 g/mol. The number of carbonyl (C=O) groups excluding carboxylic acids is 3. The maximum atomic E-state index is 12.8. The van der Waals surface area contributed by atoms with E-state index in [0.717, 1.165) is 44.9 Å². The third kappa shape index (κ3) is 2.26. The lowest BCUT2D eigenvalue weighted by Gasteiger charge is -2.59. The second-order valence-electron chi connectivity index (χ2n) is 10.6. The molecule has 5 rings (SSSR count). The van der Waals surface area contributed by atoms with Crippen LogP contribution in [0.4, 0.5) is 0 Å². The third-order valence-corrected chi connectivity index (χ3v) is 9.76. The number of epoxide rings is 1. The zero-order valence-electron chi connectivity index (χ0n) is 17.3. The summed E-state index contributed by atoms with van der Waals surface area (Å²) in [5.41, 5.74) is -0.0520. The molecule has 4 saturated carbocycles. The first-order valence-electron chi connectivity index (χ1n) is 11.1. The molecule has 28 heavy (non-hydrogen) atoms. The highest BCUT2D eigenvalue weighted by Gasteiger charge is 2.76. The Labute approximate surface area is 166 Å². The van der Waals surface area contributed by atoms with Gasteiger partial charge in [-0.05, 0) is 68.1 Å². The van der Waals surface area contributed by atoms with Crippen molar-refractivity contribution >= 4 is 17.5 Å². The van der Waals surface area contributed by atoms with Gasteiger partial charge in [-0.25, -0.2) is 0 Å². The average Bonchev–Trinajstić information content (AvgIpc) is 3.30. The molecule has 1 heterocycles. The van der Waals surface area contributed by atoms with Crippen molar-refractivity contribution in [2.45, 2.75) is 83.8 Å². The number of fused-ring (bicyclic) bond motifs is 4. The molecule has 1 spiro atoms. The molecule has 0 unspecified atom stereocenters. The molecular formula is C23H32O5. The highest BCUT2D eigenvalue weighted by atomic mass is 16.6. The third-order valence-electron chi connectivity index (χ3n) is 9.76. The molecule has 5 nitrogen and oxygen atoms in total. The van der Waals surface area contributed by atoms with Crippen molar-refractivity contribution in [1.82, 2.24) is 0 Å². The summed E-state index contributed by atoms with van der Waals surface area (Å²) in [6, 6.07) is 0. The molecule has 5 aliphatic rings. The molecule has 5 heteroatoms. The van der Waals surface area contributed by atoms with E-state index in [1.807, 2.05) is 0 Å². The number of hydrogen-bond acceptors (Lipinski definition) is 5. The maximum absolute atomic E-state index is 12.8. The molecule has 1 aliphatic heterocycles. The van der Waals surface area contributed by atoms with Gasteiger partial charge in [0, 0.05) is 24.7 Å². The van der Waals surface area contributed by atoms with E-state index >= 15 is 0 Å². The minimum atomic E-state index is -0.381. The van der Waals surface area contributed by atoms with Crippen LogP contribution in [0.15, 0.2) is 0 Å². The highest BCUT2D eigenvalue weighted by Crippen LogP contribution is 2.72. The van der Waals surface area contributed by atoms with Crippen molar-refractivity contribution in [3.8, 4) is 0 Å². The van der Waals surface area contributed by atoms with E-state index in [4.69, 9.17) is 9.47 Å². The normalized spacial score (nSPS) is 51.4. The average molecular weight is 389 g/mol. The lowest BCUT2D eigenvalue weighted by atomic mass is 9.44. The zero-order chi connectivity index (χ0) is 19.9. The van der Waals surface area contributed by atoms with Crippen molar-refractivity contribution < 1.29 is 23.9 Å². The molecular weight excluding hydrogens is 356 g/mol. The van der Waals surface area contributed by atoms with Crippen LogP contribution in [0, 0.1) is 34.5 Å². The fourth-order valence-electron chi connectivity index (χ4n) is 8.30. The number of hydrogen-bond donors (Lipinski definition) is 0. The molecule has 8 atom stereocenters. The molecule has 0 amide bonds. The maximum Gasteiger partial charge on any atom is 0.303 e. The number of Topliss-reactive ketones (excluding diaryl/α,β-unsaturated/α-hetero) is 2. The van der Waals surface area contributed by atoms with Gasteiger partial charge in [-0.3, -0.25) is 14.4 Å². The van der Waals surface area contributed by atoms with Crippen molar-refractivity contribution in [2.24, 2.45) is 34.5 Å². The molecule has 0 aromatic carbocycles. The second-order valence-corrected chi connectivity index (χ2v) is 10.6. The summed E-state index contributed by atoms with van der Waals surface area (Å²) in [6.07, 6.45) is 7.80. The Morgan fingerprint density at radius 3 is 2.61 bits per heavy atom. The van der Waals surface area contributed by atoms with Crippen LogP contribution in [0.3, 0.4) is 0 Å². The second kappa shape index (κ2) is 5.90. The van der Waals surface area contributed by atoms with Crippen molar-refractivity contribution in [1.29, 1.82) is 0 Å².